The lowest BCUT2D eigenvalue weighted by Crippen LogP contribution is -2.56. The normalized spacial score (nSPS) is 16.8. The molecule has 6 heteroatoms. The Balaban J connectivity index is 2.11. The molecule has 2 rings (SSSR count). The van der Waals surface area contributed by atoms with E-state index in [0.29, 0.717) is 24.6 Å². The van der Waals surface area contributed by atoms with Crippen molar-refractivity contribution in [3.05, 3.63) is 29.6 Å². The van der Waals surface area contributed by atoms with Gasteiger partial charge in [0, 0.05) is 38.3 Å². The Bertz CT molecular complexity index is 573. The molecule has 1 fully saturated rings. The molecule has 0 aliphatic carbocycles. The van der Waals surface area contributed by atoms with E-state index in [-0.39, 0.29) is 23.8 Å². The van der Waals surface area contributed by atoms with Crippen molar-refractivity contribution in [2.75, 3.05) is 33.8 Å². The summed E-state index contributed by atoms with van der Waals surface area (Å²) in [6, 6.07) is 4.22. The zero-order chi connectivity index (χ0) is 17.9. The summed E-state index contributed by atoms with van der Waals surface area (Å²) in [5, 5.41) is 9.45. The van der Waals surface area contributed by atoms with Crippen LogP contribution in [0.1, 0.15) is 30.6 Å². The summed E-state index contributed by atoms with van der Waals surface area (Å²) in [5.74, 6) is -0.121. The highest BCUT2D eigenvalue weighted by Gasteiger charge is 2.30. The average molecular weight is 338 g/mol. The molecule has 5 nitrogen and oxygen atoms in total. The molecular formula is C18H27FN2O3. The minimum absolute atomic E-state index is 0.0426. The van der Waals surface area contributed by atoms with Crippen molar-refractivity contribution in [3.63, 3.8) is 0 Å². The van der Waals surface area contributed by atoms with Crippen LogP contribution in [-0.4, -0.2) is 66.8 Å². The lowest BCUT2D eigenvalue weighted by atomic mass is 9.99. The van der Waals surface area contributed by atoms with Gasteiger partial charge in [0.1, 0.15) is 0 Å². The first kappa shape index (κ1) is 18.7. The molecule has 0 aromatic heterocycles. The lowest BCUT2D eigenvalue weighted by Gasteiger charge is -2.41. The molecule has 1 N–H and O–H groups in total. The summed E-state index contributed by atoms with van der Waals surface area (Å²) in [6.45, 7) is 6.28. The van der Waals surface area contributed by atoms with E-state index in [1.165, 1.54) is 25.3 Å². The maximum atomic E-state index is 13.5. The Morgan fingerprint density at radius 3 is 2.67 bits per heavy atom. The van der Waals surface area contributed by atoms with E-state index in [9.17, 15) is 14.3 Å². The molecule has 0 unspecified atom stereocenters. The van der Waals surface area contributed by atoms with E-state index < -0.39 is 5.82 Å². The van der Waals surface area contributed by atoms with Crippen molar-refractivity contribution in [2.24, 2.45) is 5.92 Å². The molecular weight excluding hydrogens is 311 g/mol. The molecule has 0 radical (unpaired) electrons. The minimum Gasteiger partial charge on any atom is -0.494 e. The van der Waals surface area contributed by atoms with Gasteiger partial charge in [-0.15, -0.1) is 0 Å². The molecule has 24 heavy (non-hydrogen) atoms. The number of aliphatic hydroxyl groups is 1. The van der Waals surface area contributed by atoms with E-state index >= 15 is 0 Å². The van der Waals surface area contributed by atoms with Gasteiger partial charge in [-0.1, -0.05) is 13.8 Å². The highest BCUT2D eigenvalue weighted by molar-refractivity contribution is 5.94. The largest absolute Gasteiger partial charge is 0.494 e. The van der Waals surface area contributed by atoms with Gasteiger partial charge in [0.2, 0.25) is 0 Å². The summed E-state index contributed by atoms with van der Waals surface area (Å²) < 4.78 is 18.5. The fourth-order valence-electron chi connectivity index (χ4n) is 3.05. The fraction of sp³-hybridized carbons (Fsp3) is 0.611. The Labute approximate surface area is 143 Å². The van der Waals surface area contributed by atoms with Gasteiger partial charge in [-0.2, -0.15) is 0 Å². The van der Waals surface area contributed by atoms with Crippen molar-refractivity contribution in [1.82, 2.24) is 9.80 Å². The number of hydrogen-bond acceptors (Lipinski definition) is 4. The van der Waals surface area contributed by atoms with Crippen LogP contribution in [0.2, 0.25) is 0 Å². The Hall–Kier alpha value is -1.66. The van der Waals surface area contributed by atoms with Crippen molar-refractivity contribution < 1.29 is 19.0 Å². The summed E-state index contributed by atoms with van der Waals surface area (Å²) in [7, 11) is 3.16. The third-order valence-electron chi connectivity index (χ3n) is 4.42. The summed E-state index contributed by atoms with van der Waals surface area (Å²) in [4.78, 5) is 16.6. The van der Waals surface area contributed by atoms with E-state index in [1.54, 1.807) is 11.9 Å². The number of β-amino-alcohol motifs (C(OH)–C–C–N with tert-alkyl or cyclic N) is 1. The summed E-state index contributed by atoms with van der Waals surface area (Å²) in [5.41, 5.74) is 0.410. The van der Waals surface area contributed by atoms with Gasteiger partial charge in [-0.3, -0.25) is 9.69 Å². The van der Waals surface area contributed by atoms with Gasteiger partial charge in [0.15, 0.2) is 11.6 Å². The number of carbonyl (C=O) groups is 1. The van der Waals surface area contributed by atoms with Gasteiger partial charge in [0.05, 0.1) is 13.2 Å². The number of aliphatic hydroxyl groups excluding tert-OH is 1. The molecule has 1 aliphatic heterocycles. The molecule has 134 valence electrons. The number of carbonyl (C=O) groups excluding carboxylic acids is 1. The zero-order valence-corrected chi connectivity index (χ0v) is 14.8. The predicted octanol–water partition coefficient (Wildman–Crippen LogP) is 2.00. The van der Waals surface area contributed by atoms with Gasteiger partial charge in [-0.25, -0.2) is 4.39 Å². The number of nitrogens with zero attached hydrogens (tertiary/aromatic N) is 2. The standard InChI is InChI=1S/C18H27FN2O3/c1-12(2)7-14(9-21-10-15(22)11-21)20(3)18(23)13-5-6-16(19)17(8-13)24-4/h5-6,8,12,14-15,22H,7,9-11H2,1-4H3/t14-/m0/s1. The zero-order valence-electron chi connectivity index (χ0n) is 14.8. The molecule has 1 saturated heterocycles. The number of halogens is 1. The number of likely N-dealkylation sites (N-methyl/N-ethyl adjacent to an activating group) is 1. The van der Waals surface area contributed by atoms with Crippen LogP contribution in [0.15, 0.2) is 18.2 Å². The van der Waals surface area contributed by atoms with E-state index in [0.717, 1.165) is 13.0 Å². The number of methoxy groups -OCH3 is 1. The van der Waals surface area contributed by atoms with Crippen LogP contribution in [0.3, 0.4) is 0 Å². The van der Waals surface area contributed by atoms with Gasteiger partial charge in [0.25, 0.3) is 5.91 Å². The molecule has 0 spiro atoms. The van der Waals surface area contributed by atoms with Crippen LogP contribution in [0.4, 0.5) is 4.39 Å². The Morgan fingerprint density at radius 1 is 1.46 bits per heavy atom. The van der Waals surface area contributed by atoms with Crippen molar-refractivity contribution in [3.8, 4) is 5.75 Å². The Kier molecular flexibility index (Phi) is 6.18. The highest BCUT2D eigenvalue weighted by Crippen LogP contribution is 2.22. The number of rotatable bonds is 7. The topological polar surface area (TPSA) is 53.0 Å². The van der Waals surface area contributed by atoms with E-state index in [2.05, 4.69) is 18.7 Å². The SMILES string of the molecule is COc1cc(C(=O)N(C)[C@@H](CC(C)C)CN2CC(O)C2)ccc1F. The van der Waals surface area contributed by atoms with Crippen LogP contribution in [0.5, 0.6) is 5.75 Å². The third-order valence-corrected chi connectivity index (χ3v) is 4.42. The molecule has 1 amide bonds. The number of amides is 1. The van der Waals surface area contributed by atoms with Crippen LogP contribution in [0, 0.1) is 11.7 Å². The molecule has 1 aliphatic rings. The number of ether oxygens (including phenoxy) is 1. The minimum atomic E-state index is -0.481. The van der Waals surface area contributed by atoms with Crippen LogP contribution in [0.25, 0.3) is 0 Å². The second-order valence-electron chi connectivity index (χ2n) is 6.92. The summed E-state index contributed by atoms with van der Waals surface area (Å²) in [6.07, 6.45) is 0.611. The number of hydrogen-bond donors (Lipinski definition) is 1. The van der Waals surface area contributed by atoms with Crippen LogP contribution in [-0.2, 0) is 0 Å². The highest BCUT2D eigenvalue weighted by atomic mass is 19.1. The van der Waals surface area contributed by atoms with Crippen molar-refractivity contribution >= 4 is 5.91 Å². The quantitative estimate of drug-likeness (QED) is 0.826. The monoisotopic (exact) mass is 338 g/mol. The van der Waals surface area contributed by atoms with Crippen LogP contribution < -0.4 is 4.74 Å². The first-order chi connectivity index (χ1) is 11.3. The maximum Gasteiger partial charge on any atom is 0.254 e. The molecule has 1 aromatic rings. The predicted molar refractivity (Wildman–Crippen MR) is 90.7 cm³/mol. The third kappa shape index (κ3) is 4.45. The molecule has 0 saturated carbocycles. The fourth-order valence-corrected chi connectivity index (χ4v) is 3.05. The van der Waals surface area contributed by atoms with Crippen molar-refractivity contribution in [2.45, 2.75) is 32.4 Å². The first-order valence-electron chi connectivity index (χ1n) is 8.33. The number of likely N-dealkylation sites (tertiary alicyclic amines) is 1. The first-order valence-corrected chi connectivity index (χ1v) is 8.33. The smallest absolute Gasteiger partial charge is 0.254 e. The average Bonchev–Trinajstić information content (AvgIpc) is 2.51. The molecule has 1 heterocycles. The molecule has 0 bridgehead atoms. The van der Waals surface area contributed by atoms with Crippen LogP contribution >= 0.6 is 0 Å². The molecule has 1 atom stereocenters. The molecule has 1 aromatic carbocycles. The second kappa shape index (κ2) is 7.94. The van der Waals surface area contributed by atoms with Gasteiger partial charge < -0.3 is 14.7 Å². The number of benzene rings is 1. The van der Waals surface area contributed by atoms with Gasteiger partial charge in [-0.05, 0) is 30.5 Å². The summed E-state index contributed by atoms with van der Waals surface area (Å²) >= 11 is 0. The van der Waals surface area contributed by atoms with E-state index in [1.807, 2.05) is 0 Å². The lowest BCUT2D eigenvalue weighted by molar-refractivity contribution is -0.0123. The van der Waals surface area contributed by atoms with Crippen molar-refractivity contribution in [1.29, 1.82) is 0 Å². The second-order valence-corrected chi connectivity index (χ2v) is 6.92. The van der Waals surface area contributed by atoms with E-state index in [4.69, 9.17) is 4.74 Å². The van der Waals surface area contributed by atoms with Gasteiger partial charge >= 0.3 is 0 Å². The maximum absolute atomic E-state index is 13.5. The Morgan fingerprint density at radius 2 is 2.12 bits per heavy atom.